The van der Waals surface area contributed by atoms with Crippen molar-refractivity contribution in [2.45, 2.75) is 51.7 Å². The van der Waals surface area contributed by atoms with Gasteiger partial charge in [0.1, 0.15) is 0 Å². The van der Waals surface area contributed by atoms with Gasteiger partial charge in [-0.15, -0.1) is 0 Å². The van der Waals surface area contributed by atoms with Crippen LogP contribution in [0.25, 0.3) is 0 Å². The van der Waals surface area contributed by atoms with Crippen LogP contribution in [0.15, 0.2) is 0 Å². The molecule has 4 heteroatoms. The van der Waals surface area contributed by atoms with Crippen molar-refractivity contribution in [2.75, 3.05) is 13.6 Å². The largest absolute Gasteiger partial charge is 0.393 e. The first-order valence-electron chi connectivity index (χ1n) is 6.08. The van der Waals surface area contributed by atoms with Gasteiger partial charge in [-0.25, -0.2) is 8.78 Å². The number of nitrogens with zero attached hydrogens (tertiary/aromatic N) is 1. The molecule has 0 aliphatic heterocycles. The van der Waals surface area contributed by atoms with Gasteiger partial charge in [0.25, 0.3) is 6.43 Å². The molecule has 0 heterocycles. The summed E-state index contributed by atoms with van der Waals surface area (Å²) in [5, 5.41) is 9.65. The average Bonchev–Trinajstić information content (AvgIpc) is 2.15. The van der Waals surface area contributed by atoms with Gasteiger partial charge in [0.05, 0.1) is 12.6 Å². The number of rotatable bonds is 4. The number of alkyl halides is 2. The third kappa shape index (κ3) is 3.67. The van der Waals surface area contributed by atoms with E-state index in [1.165, 1.54) is 0 Å². The van der Waals surface area contributed by atoms with Gasteiger partial charge in [-0.1, -0.05) is 13.8 Å². The SMILES string of the molecule is CC(C)C1CCC(O)CC1N(C)CC(F)F. The fraction of sp³-hybridized carbons (Fsp3) is 1.00. The summed E-state index contributed by atoms with van der Waals surface area (Å²) in [7, 11) is 1.74. The number of hydrogen-bond donors (Lipinski definition) is 1. The molecule has 1 fully saturated rings. The van der Waals surface area contributed by atoms with E-state index in [2.05, 4.69) is 13.8 Å². The fourth-order valence-corrected chi connectivity index (χ4v) is 2.79. The van der Waals surface area contributed by atoms with Gasteiger partial charge in [0.15, 0.2) is 0 Å². The Morgan fingerprint density at radius 3 is 2.44 bits per heavy atom. The standard InChI is InChI=1S/C12H23F2NO/c1-8(2)10-5-4-9(16)6-11(10)15(3)7-12(13)14/h8-12,16H,4-7H2,1-3H3. The number of aliphatic hydroxyl groups excluding tert-OH is 1. The molecule has 1 saturated carbocycles. The molecule has 96 valence electrons. The van der Waals surface area contributed by atoms with Crippen LogP contribution in [-0.2, 0) is 0 Å². The molecular weight excluding hydrogens is 212 g/mol. The Hall–Kier alpha value is -0.220. The first-order chi connectivity index (χ1) is 7.41. The summed E-state index contributed by atoms with van der Waals surface area (Å²) in [4.78, 5) is 1.72. The average molecular weight is 235 g/mol. The molecular formula is C12H23F2NO. The van der Waals surface area contributed by atoms with Gasteiger partial charge >= 0.3 is 0 Å². The van der Waals surface area contributed by atoms with E-state index in [-0.39, 0.29) is 18.7 Å². The summed E-state index contributed by atoms with van der Waals surface area (Å²) in [5.74, 6) is 0.907. The Kier molecular flexibility index (Phi) is 5.12. The molecule has 0 saturated heterocycles. The molecule has 0 aromatic rings. The molecule has 1 rings (SSSR count). The molecule has 16 heavy (non-hydrogen) atoms. The molecule has 0 radical (unpaired) electrons. The van der Waals surface area contributed by atoms with E-state index in [1.807, 2.05) is 0 Å². The second kappa shape index (κ2) is 5.92. The minimum Gasteiger partial charge on any atom is -0.393 e. The highest BCUT2D eigenvalue weighted by atomic mass is 19.3. The highest BCUT2D eigenvalue weighted by molar-refractivity contribution is 4.87. The third-order valence-corrected chi connectivity index (χ3v) is 3.69. The van der Waals surface area contributed by atoms with Crippen LogP contribution >= 0.6 is 0 Å². The zero-order valence-corrected chi connectivity index (χ0v) is 10.4. The van der Waals surface area contributed by atoms with E-state index in [1.54, 1.807) is 11.9 Å². The maximum absolute atomic E-state index is 12.4. The Balaban J connectivity index is 2.63. The van der Waals surface area contributed by atoms with Crippen LogP contribution < -0.4 is 0 Å². The van der Waals surface area contributed by atoms with E-state index >= 15 is 0 Å². The molecule has 0 aromatic heterocycles. The molecule has 1 aliphatic rings. The summed E-state index contributed by atoms with van der Waals surface area (Å²) < 4.78 is 24.7. The van der Waals surface area contributed by atoms with E-state index < -0.39 is 6.43 Å². The first kappa shape index (κ1) is 13.8. The lowest BCUT2D eigenvalue weighted by Gasteiger charge is -2.41. The van der Waals surface area contributed by atoms with Crippen LogP contribution in [0, 0.1) is 11.8 Å². The molecule has 2 nitrogen and oxygen atoms in total. The molecule has 0 spiro atoms. The fourth-order valence-electron chi connectivity index (χ4n) is 2.79. The molecule has 0 bridgehead atoms. The number of halogens is 2. The van der Waals surface area contributed by atoms with E-state index in [4.69, 9.17) is 0 Å². The highest BCUT2D eigenvalue weighted by Gasteiger charge is 2.34. The van der Waals surface area contributed by atoms with Crippen LogP contribution in [0.3, 0.4) is 0 Å². The molecule has 3 atom stereocenters. The van der Waals surface area contributed by atoms with Gasteiger partial charge in [-0.05, 0) is 38.1 Å². The van der Waals surface area contributed by atoms with Crippen LogP contribution in [0.1, 0.15) is 33.1 Å². The van der Waals surface area contributed by atoms with Crippen LogP contribution in [0.2, 0.25) is 0 Å². The molecule has 0 aromatic carbocycles. The molecule has 1 aliphatic carbocycles. The van der Waals surface area contributed by atoms with Crippen molar-refractivity contribution in [3.05, 3.63) is 0 Å². The summed E-state index contributed by atoms with van der Waals surface area (Å²) in [6.07, 6.45) is -0.234. The second-order valence-corrected chi connectivity index (χ2v) is 5.27. The second-order valence-electron chi connectivity index (χ2n) is 5.27. The zero-order chi connectivity index (χ0) is 12.3. The molecule has 3 unspecified atom stereocenters. The van der Waals surface area contributed by atoms with Crippen molar-refractivity contribution < 1.29 is 13.9 Å². The highest BCUT2D eigenvalue weighted by Crippen LogP contribution is 2.33. The van der Waals surface area contributed by atoms with Crippen LogP contribution in [0.4, 0.5) is 8.78 Å². The van der Waals surface area contributed by atoms with Gasteiger partial charge < -0.3 is 5.11 Å². The van der Waals surface area contributed by atoms with E-state index in [0.717, 1.165) is 12.8 Å². The first-order valence-corrected chi connectivity index (χ1v) is 6.08. The molecule has 0 amide bonds. The van der Waals surface area contributed by atoms with Crippen LogP contribution in [0.5, 0.6) is 0 Å². The normalized spacial score (nSPS) is 31.7. The van der Waals surface area contributed by atoms with Gasteiger partial charge in [0.2, 0.25) is 0 Å². The lowest BCUT2D eigenvalue weighted by Crippen LogP contribution is -2.47. The van der Waals surface area contributed by atoms with E-state index in [9.17, 15) is 13.9 Å². The minimum atomic E-state index is -2.29. The summed E-state index contributed by atoms with van der Waals surface area (Å²) >= 11 is 0. The van der Waals surface area contributed by atoms with Crippen LogP contribution in [-0.4, -0.2) is 42.2 Å². The van der Waals surface area contributed by atoms with Crippen molar-refractivity contribution in [3.8, 4) is 0 Å². The predicted octanol–water partition coefficient (Wildman–Crippen LogP) is 2.37. The Morgan fingerprint density at radius 1 is 1.31 bits per heavy atom. The van der Waals surface area contributed by atoms with Crippen molar-refractivity contribution in [1.82, 2.24) is 4.90 Å². The predicted molar refractivity (Wildman–Crippen MR) is 60.6 cm³/mol. The van der Waals surface area contributed by atoms with E-state index in [0.29, 0.717) is 18.3 Å². The Bertz CT molecular complexity index is 211. The maximum atomic E-state index is 12.4. The third-order valence-electron chi connectivity index (χ3n) is 3.69. The summed E-state index contributed by atoms with van der Waals surface area (Å²) in [6.45, 7) is 4.07. The summed E-state index contributed by atoms with van der Waals surface area (Å²) in [5.41, 5.74) is 0. The molecule has 1 N–H and O–H groups in total. The van der Waals surface area contributed by atoms with Gasteiger partial charge in [-0.3, -0.25) is 4.90 Å². The summed E-state index contributed by atoms with van der Waals surface area (Å²) in [6, 6.07) is 0.0951. The van der Waals surface area contributed by atoms with Gasteiger partial charge in [-0.2, -0.15) is 0 Å². The Morgan fingerprint density at radius 2 is 1.94 bits per heavy atom. The minimum absolute atomic E-state index is 0.0951. The van der Waals surface area contributed by atoms with Crippen molar-refractivity contribution >= 4 is 0 Å². The quantitative estimate of drug-likeness (QED) is 0.808. The van der Waals surface area contributed by atoms with Gasteiger partial charge in [0, 0.05) is 6.04 Å². The van der Waals surface area contributed by atoms with Crippen molar-refractivity contribution in [3.63, 3.8) is 0 Å². The Labute approximate surface area is 96.6 Å². The maximum Gasteiger partial charge on any atom is 0.251 e. The number of aliphatic hydroxyl groups is 1. The zero-order valence-electron chi connectivity index (χ0n) is 10.4. The topological polar surface area (TPSA) is 23.5 Å². The van der Waals surface area contributed by atoms with Crippen molar-refractivity contribution in [2.24, 2.45) is 11.8 Å². The monoisotopic (exact) mass is 235 g/mol. The lowest BCUT2D eigenvalue weighted by atomic mass is 9.76. The van der Waals surface area contributed by atoms with Crippen molar-refractivity contribution in [1.29, 1.82) is 0 Å². The lowest BCUT2D eigenvalue weighted by molar-refractivity contribution is -0.00189. The number of hydrogen-bond acceptors (Lipinski definition) is 2. The smallest absolute Gasteiger partial charge is 0.251 e.